The Morgan fingerprint density at radius 2 is 2.47 bits per heavy atom. The molecule has 17 heavy (non-hydrogen) atoms. The number of thiazole rings is 1. The number of rotatable bonds is 6. The molecule has 1 N–H and O–H groups in total. The average molecular weight is 252 g/mol. The van der Waals surface area contributed by atoms with Crippen molar-refractivity contribution in [2.45, 2.75) is 26.7 Å². The number of esters is 1. The van der Waals surface area contributed by atoms with E-state index in [1.165, 1.54) is 11.3 Å². The lowest BCUT2D eigenvalue weighted by Gasteiger charge is -1.99. The summed E-state index contributed by atoms with van der Waals surface area (Å²) in [6, 6.07) is 0. The van der Waals surface area contributed by atoms with Crippen molar-refractivity contribution in [2.75, 3.05) is 18.5 Å². The Morgan fingerprint density at radius 1 is 1.65 bits per heavy atom. The summed E-state index contributed by atoms with van der Waals surface area (Å²) < 4.78 is 4.86. The Balaban J connectivity index is 2.34. The van der Waals surface area contributed by atoms with E-state index in [0.29, 0.717) is 12.3 Å². The predicted molar refractivity (Wildman–Crippen MR) is 69.2 cm³/mol. The van der Waals surface area contributed by atoms with Crippen molar-refractivity contribution in [1.29, 1.82) is 0 Å². The maximum atomic E-state index is 11.3. The maximum absolute atomic E-state index is 11.3. The zero-order chi connectivity index (χ0) is 12.5. The Labute approximate surface area is 105 Å². The van der Waals surface area contributed by atoms with E-state index < -0.39 is 0 Å². The van der Waals surface area contributed by atoms with Crippen LogP contribution in [0.4, 0.5) is 5.13 Å². The van der Waals surface area contributed by atoms with E-state index in [4.69, 9.17) is 4.74 Å². The number of aromatic nitrogens is 1. The predicted octanol–water partition coefficient (Wildman–Crippen LogP) is 2.54. The molecule has 0 spiro atoms. The largest absolute Gasteiger partial charge is 0.461 e. The van der Waals surface area contributed by atoms with Crippen molar-refractivity contribution in [3.8, 4) is 11.8 Å². The van der Waals surface area contributed by atoms with Crippen LogP contribution in [-0.4, -0.2) is 24.1 Å². The first-order valence-electron chi connectivity index (χ1n) is 5.54. The Bertz CT molecular complexity index is 418. The topological polar surface area (TPSA) is 51.2 Å². The summed E-state index contributed by atoms with van der Waals surface area (Å²) in [5.41, 5.74) is 0.368. The van der Waals surface area contributed by atoms with Crippen LogP contribution in [0.25, 0.3) is 0 Å². The molecule has 1 rings (SSSR count). The molecule has 0 radical (unpaired) electrons. The van der Waals surface area contributed by atoms with Crippen molar-refractivity contribution in [3.63, 3.8) is 0 Å². The summed E-state index contributed by atoms with van der Waals surface area (Å²) in [6.45, 7) is 4.79. The van der Waals surface area contributed by atoms with Crippen LogP contribution in [0.2, 0.25) is 0 Å². The summed E-state index contributed by atoms with van der Waals surface area (Å²) >= 11 is 1.41. The molecule has 0 aliphatic carbocycles. The van der Waals surface area contributed by atoms with Crippen LogP contribution in [0, 0.1) is 11.8 Å². The van der Waals surface area contributed by atoms with Gasteiger partial charge in [-0.2, -0.15) is 0 Å². The van der Waals surface area contributed by atoms with Gasteiger partial charge in [-0.15, -0.1) is 23.2 Å². The Kier molecular flexibility index (Phi) is 6.12. The zero-order valence-electron chi connectivity index (χ0n) is 10.1. The van der Waals surface area contributed by atoms with Crippen molar-refractivity contribution in [3.05, 3.63) is 11.1 Å². The highest BCUT2D eigenvalue weighted by molar-refractivity contribution is 7.13. The van der Waals surface area contributed by atoms with Gasteiger partial charge in [0.2, 0.25) is 0 Å². The van der Waals surface area contributed by atoms with Gasteiger partial charge in [-0.05, 0) is 20.3 Å². The molecule has 1 heterocycles. The van der Waals surface area contributed by atoms with E-state index in [1.807, 2.05) is 6.92 Å². The smallest absolute Gasteiger partial charge is 0.357 e. The van der Waals surface area contributed by atoms with Crippen molar-refractivity contribution in [1.82, 2.24) is 4.98 Å². The fraction of sp³-hybridized carbons (Fsp3) is 0.500. The molecule has 0 unspecified atom stereocenters. The summed E-state index contributed by atoms with van der Waals surface area (Å²) in [5.74, 6) is 5.47. The van der Waals surface area contributed by atoms with E-state index in [2.05, 4.69) is 22.1 Å². The molecule has 92 valence electrons. The molecular weight excluding hydrogens is 236 g/mol. The van der Waals surface area contributed by atoms with Crippen LogP contribution in [0.1, 0.15) is 37.2 Å². The molecule has 0 fully saturated rings. The van der Waals surface area contributed by atoms with Gasteiger partial charge in [0.05, 0.1) is 6.61 Å². The van der Waals surface area contributed by atoms with Crippen molar-refractivity contribution in [2.24, 2.45) is 0 Å². The lowest BCUT2D eigenvalue weighted by atomic mass is 10.3. The number of nitrogens with zero attached hydrogens (tertiary/aromatic N) is 1. The minimum absolute atomic E-state index is 0.367. The van der Waals surface area contributed by atoms with Gasteiger partial charge in [0.25, 0.3) is 0 Å². The zero-order valence-corrected chi connectivity index (χ0v) is 10.9. The normalized spacial score (nSPS) is 9.29. The fourth-order valence-corrected chi connectivity index (χ4v) is 1.86. The van der Waals surface area contributed by atoms with Crippen molar-refractivity contribution < 1.29 is 9.53 Å². The number of carbonyl (C=O) groups is 1. The van der Waals surface area contributed by atoms with E-state index in [1.54, 1.807) is 12.3 Å². The molecule has 0 atom stereocenters. The highest BCUT2D eigenvalue weighted by Crippen LogP contribution is 2.16. The molecule has 0 saturated carbocycles. The molecule has 1 aromatic heterocycles. The van der Waals surface area contributed by atoms with Gasteiger partial charge in [0, 0.05) is 18.3 Å². The van der Waals surface area contributed by atoms with Crippen molar-refractivity contribution >= 4 is 22.4 Å². The molecule has 0 aromatic carbocycles. The van der Waals surface area contributed by atoms with Gasteiger partial charge in [0.15, 0.2) is 10.8 Å². The van der Waals surface area contributed by atoms with Gasteiger partial charge < -0.3 is 10.1 Å². The Hall–Kier alpha value is -1.54. The lowest BCUT2D eigenvalue weighted by molar-refractivity contribution is 0.0520. The summed E-state index contributed by atoms with van der Waals surface area (Å²) in [5, 5.41) is 5.60. The van der Waals surface area contributed by atoms with E-state index >= 15 is 0 Å². The highest BCUT2D eigenvalue weighted by atomic mass is 32.1. The molecule has 1 aromatic rings. The van der Waals surface area contributed by atoms with E-state index in [-0.39, 0.29) is 5.97 Å². The van der Waals surface area contributed by atoms with Crippen LogP contribution in [0.3, 0.4) is 0 Å². The number of hydrogen-bond donors (Lipinski definition) is 1. The van der Waals surface area contributed by atoms with Crippen LogP contribution >= 0.6 is 11.3 Å². The number of ether oxygens (including phenoxy) is 1. The number of anilines is 1. The standard InChI is InChI=1S/C12H16N2O2S/c1-3-5-6-7-8-13-12-14-10(9-17-12)11(15)16-4-2/h9H,4,6-8H2,1-2H3,(H,13,14). The number of hydrogen-bond acceptors (Lipinski definition) is 5. The minimum atomic E-state index is -0.367. The first-order chi connectivity index (χ1) is 8.27. The molecule has 0 amide bonds. The third-order valence-corrected chi connectivity index (χ3v) is 2.72. The van der Waals surface area contributed by atoms with Crippen LogP contribution in [0.5, 0.6) is 0 Å². The second-order valence-corrected chi connectivity index (χ2v) is 4.07. The molecule has 4 nitrogen and oxygen atoms in total. The van der Waals surface area contributed by atoms with Gasteiger partial charge >= 0.3 is 5.97 Å². The molecule has 5 heteroatoms. The molecule has 0 saturated heterocycles. The third kappa shape index (κ3) is 4.87. The van der Waals surface area contributed by atoms with Gasteiger partial charge in [-0.3, -0.25) is 0 Å². The highest BCUT2D eigenvalue weighted by Gasteiger charge is 2.10. The van der Waals surface area contributed by atoms with Crippen LogP contribution < -0.4 is 5.32 Å². The maximum Gasteiger partial charge on any atom is 0.357 e. The SMILES string of the molecule is CC#CCCCNc1nc(C(=O)OCC)cs1. The summed E-state index contributed by atoms with van der Waals surface area (Å²) in [6.07, 6.45) is 1.84. The van der Waals surface area contributed by atoms with E-state index in [9.17, 15) is 4.79 Å². The average Bonchev–Trinajstić information content (AvgIpc) is 2.78. The molecule has 0 aliphatic heterocycles. The second kappa shape index (κ2) is 7.69. The van der Waals surface area contributed by atoms with Gasteiger partial charge in [-0.1, -0.05) is 0 Å². The van der Waals surface area contributed by atoms with Crippen LogP contribution in [-0.2, 0) is 4.74 Å². The van der Waals surface area contributed by atoms with Crippen LogP contribution in [0.15, 0.2) is 5.38 Å². The van der Waals surface area contributed by atoms with E-state index in [0.717, 1.165) is 24.5 Å². The summed E-state index contributed by atoms with van der Waals surface area (Å²) in [4.78, 5) is 15.5. The number of nitrogens with one attached hydrogen (secondary N) is 1. The first-order valence-corrected chi connectivity index (χ1v) is 6.42. The number of carbonyl (C=O) groups excluding carboxylic acids is 1. The fourth-order valence-electron chi connectivity index (χ4n) is 1.15. The second-order valence-electron chi connectivity index (χ2n) is 3.22. The third-order valence-electron chi connectivity index (χ3n) is 1.92. The molecule has 0 bridgehead atoms. The monoisotopic (exact) mass is 252 g/mol. The lowest BCUT2D eigenvalue weighted by Crippen LogP contribution is -2.06. The first kappa shape index (κ1) is 13.5. The van der Waals surface area contributed by atoms with Gasteiger partial charge in [0.1, 0.15) is 0 Å². The Morgan fingerprint density at radius 3 is 3.18 bits per heavy atom. The van der Waals surface area contributed by atoms with Gasteiger partial charge in [-0.25, -0.2) is 9.78 Å². The quantitative estimate of drug-likeness (QED) is 0.480. The molecular formula is C12H16N2O2S. The minimum Gasteiger partial charge on any atom is -0.461 e. The summed E-state index contributed by atoms with van der Waals surface area (Å²) in [7, 11) is 0. The number of unbranched alkanes of at least 4 members (excludes halogenated alkanes) is 1. The molecule has 0 aliphatic rings.